The number of nitrogens with two attached hydrogens (primary N) is 1. The summed E-state index contributed by atoms with van der Waals surface area (Å²) < 4.78 is 10.4. The number of thiocarbonyl (C=S) groups is 1. The van der Waals surface area contributed by atoms with Gasteiger partial charge in [0, 0.05) is 11.3 Å². The molecule has 0 spiro atoms. The molecule has 1 heterocycles. The van der Waals surface area contributed by atoms with E-state index in [1.165, 1.54) is 0 Å². The molecule has 0 aliphatic carbocycles. The van der Waals surface area contributed by atoms with Gasteiger partial charge in [0.2, 0.25) is 5.91 Å². The van der Waals surface area contributed by atoms with Gasteiger partial charge in [-0.05, 0) is 12.1 Å². The zero-order valence-corrected chi connectivity index (χ0v) is 11.2. The molecule has 1 aromatic rings. The van der Waals surface area contributed by atoms with Crippen LogP contribution in [-0.4, -0.2) is 36.8 Å². The number of anilines is 1. The third-order valence-corrected chi connectivity index (χ3v) is 2.96. The fourth-order valence-corrected chi connectivity index (χ4v) is 1.73. The third-order valence-electron chi connectivity index (χ3n) is 2.72. The first-order valence-corrected chi connectivity index (χ1v) is 6.45. The maximum absolute atomic E-state index is 11.7. The van der Waals surface area contributed by atoms with Crippen LogP contribution in [-0.2, 0) is 14.3 Å². The zero-order valence-electron chi connectivity index (χ0n) is 10.4. The first kappa shape index (κ1) is 13.9. The Morgan fingerprint density at radius 3 is 2.95 bits per heavy atom. The molecule has 0 saturated carbocycles. The van der Waals surface area contributed by atoms with Crippen LogP contribution in [0.15, 0.2) is 24.3 Å². The highest BCUT2D eigenvalue weighted by molar-refractivity contribution is 7.80. The molecule has 1 saturated heterocycles. The van der Waals surface area contributed by atoms with Crippen LogP contribution in [0.5, 0.6) is 0 Å². The summed E-state index contributed by atoms with van der Waals surface area (Å²) in [6, 6.07) is 7.14. The Balaban J connectivity index is 1.77. The number of carbonyl (C=O) groups excluding carboxylic acids is 1. The van der Waals surface area contributed by atoms with Crippen molar-refractivity contribution >= 4 is 28.8 Å². The fourth-order valence-electron chi connectivity index (χ4n) is 1.60. The molecule has 0 atom stereocenters. The Morgan fingerprint density at radius 1 is 1.53 bits per heavy atom. The molecular weight excluding hydrogens is 264 g/mol. The van der Waals surface area contributed by atoms with Crippen molar-refractivity contribution in [1.82, 2.24) is 0 Å². The lowest BCUT2D eigenvalue weighted by Crippen LogP contribution is -2.36. The number of rotatable bonds is 6. The molecule has 1 aliphatic rings. The summed E-state index contributed by atoms with van der Waals surface area (Å²) in [5, 5.41) is 2.78. The normalized spacial score (nSPS) is 14.7. The van der Waals surface area contributed by atoms with E-state index in [0.717, 1.165) is 5.56 Å². The van der Waals surface area contributed by atoms with Crippen molar-refractivity contribution in [3.8, 4) is 0 Å². The van der Waals surface area contributed by atoms with E-state index < -0.39 is 0 Å². The number of hydrogen-bond donors (Lipinski definition) is 2. The van der Waals surface area contributed by atoms with Crippen molar-refractivity contribution in [2.24, 2.45) is 5.73 Å². The smallest absolute Gasteiger partial charge is 0.226 e. The highest BCUT2D eigenvalue weighted by Gasteiger charge is 2.18. The molecule has 2 rings (SSSR count). The first-order valence-electron chi connectivity index (χ1n) is 6.04. The van der Waals surface area contributed by atoms with Gasteiger partial charge in [0.15, 0.2) is 0 Å². The highest BCUT2D eigenvalue weighted by Crippen LogP contribution is 2.11. The molecule has 0 unspecified atom stereocenters. The second kappa shape index (κ2) is 6.60. The van der Waals surface area contributed by atoms with E-state index >= 15 is 0 Å². The maximum atomic E-state index is 11.7. The molecule has 0 radical (unpaired) electrons. The quantitative estimate of drug-likeness (QED) is 0.762. The van der Waals surface area contributed by atoms with Crippen molar-refractivity contribution in [2.45, 2.75) is 12.5 Å². The summed E-state index contributed by atoms with van der Waals surface area (Å²) in [5.74, 6) is -0.0969. The second-order valence-electron chi connectivity index (χ2n) is 4.27. The van der Waals surface area contributed by atoms with Gasteiger partial charge >= 0.3 is 0 Å². The molecular formula is C13H16N2O3S. The predicted molar refractivity (Wildman–Crippen MR) is 76.1 cm³/mol. The van der Waals surface area contributed by atoms with Crippen LogP contribution in [0, 0.1) is 0 Å². The van der Waals surface area contributed by atoms with E-state index in [1.807, 2.05) is 0 Å². The average molecular weight is 280 g/mol. The maximum Gasteiger partial charge on any atom is 0.226 e. The van der Waals surface area contributed by atoms with Crippen LogP contribution >= 0.6 is 12.2 Å². The largest absolute Gasteiger partial charge is 0.389 e. The minimum atomic E-state index is -0.0969. The second-order valence-corrected chi connectivity index (χ2v) is 4.71. The van der Waals surface area contributed by atoms with Crippen molar-refractivity contribution in [3.63, 3.8) is 0 Å². The van der Waals surface area contributed by atoms with Crippen LogP contribution in [0.25, 0.3) is 0 Å². The topological polar surface area (TPSA) is 73.6 Å². The van der Waals surface area contributed by atoms with Crippen LogP contribution in [0.2, 0.25) is 0 Å². The molecule has 102 valence electrons. The molecule has 0 aromatic heterocycles. The van der Waals surface area contributed by atoms with Gasteiger partial charge in [0.05, 0.1) is 26.2 Å². The fraction of sp³-hybridized carbons (Fsp3) is 0.385. The SMILES string of the molecule is NC(=S)c1cccc(NC(=O)CCOC2COC2)c1. The van der Waals surface area contributed by atoms with Crippen molar-refractivity contribution in [1.29, 1.82) is 0 Å². The predicted octanol–water partition coefficient (Wildman–Crippen LogP) is 1.06. The Morgan fingerprint density at radius 2 is 2.32 bits per heavy atom. The van der Waals surface area contributed by atoms with Crippen molar-refractivity contribution < 1.29 is 14.3 Å². The van der Waals surface area contributed by atoms with Crippen LogP contribution in [0.3, 0.4) is 0 Å². The Labute approximate surface area is 117 Å². The molecule has 1 amide bonds. The lowest BCUT2D eigenvalue weighted by Gasteiger charge is -2.25. The van der Waals surface area contributed by atoms with Crippen molar-refractivity contribution in [3.05, 3.63) is 29.8 Å². The third kappa shape index (κ3) is 4.27. The standard InChI is InChI=1S/C13H16N2O3S/c14-13(19)9-2-1-3-10(6-9)15-12(16)4-5-18-11-7-17-8-11/h1-3,6,11H,4-5,7-8H2,(H2,14,19)(H,15,16). The lowest BCUT2D eigenvalue weighted by molar-refractivity contribution is -0.135. The molecule has 1 fully saturated rings. The molecule has 5 nitrogen and oxygen atoms in total. The summed E-state index contributed by atoms with van der Waals surface area (Å²) >= 11 is 4.89. The van der Waals surface area contributed by atoms with Gasteiger partial charge in [0.25, 0.3) is 0 Å². The van der Waals surface area contributed by atoms with Gasteiger partial charge in [-0.3, -0.25) is 4.79 Å². The molecule has 1 aliphatic heterocycles. The van der Waals surface area contributed by atoms with Crippen LogP contribution in [0.4, 0.5) is 5.69 Å². The van der Waals surface area contributed by atoms with E-state index in [-0.39, 0.29) is 12.0 Å². The van der Waals surface area contributed by atoms with Gasteiger partial charge in [-0.25, -0.2) is 0 Å². The van der Waals surface area contributed by atoms with Crippen LogP contribution in [0.1, 0.15) is 12.0 Å². The molecule has 0 bridgehead atoms. The Hall–Kier alpha value is -1.50. The Bertz CT molecular complexity index is 475. The summed E-state index contributed by atoms with van der Waals surface area (Å²) in [6.45, 7) is 1.64. The number of benzene rings is 1. The zero-order chi connectivity index (χ0) is 13.7. The molecule has 6 heteroatoms. The van der Waals surface area contributed by atoms with E-state index in [4.69, 9.17) is 27.4 Å². The highest BCUT2D eigenvalue weighted by atomic mass is 32.1. The lowest BCUT2D eigenvalue weighted by atomic mass is 10.2. The number of nitrogens with one attached hydrogen (secondary N) is 1. The number of ether oxygens (including phenoxy) is 2. The monoisotopic (exact) mass is 280 g/mol. The van der Waals surface area contributed by atoms with Gasteiger partial charge < -0.3 is 20.5 Å². The Kier molecular flexibility index (Phi) is 4.84. The number of hydrogen-bond acceptors (Lipinski definition) is 4. The van der Waals surface area contributed by atoms with Gasteiger partial charge in [-0.2, -0.15) is 0 Å². The van der Waals surface area contributed by atoms with E-state index in [9.17, 15) is 4.79 Å². The van der Waals surface area contributed by atoms with Gasteiger partial charge in [-0.1, -0.05) is 24.4 Å². The van der Waals surface area contributed by atoms with Crippen LogP contribution < -0.4 is 11.1 Å². The van der Waals surface area contributed by atoms with Gasteiger partial charge in [0.1, 0.15) is 11.1 Å². The molecule has 19 heavy (non-hydrogen) atoms. The minimum Gasteiger partial charge on any atom is -0.389 e. The minimum absolute atomic E-state index is 0.0969. The summed E-state index contributed by atoms with van der Waals surface area (Å²) in [7, 11) is 0. The number of amides is 1. The van der Waals surface area contributed by atoms with E-state index in [2.05, 4.69) is 5.32 Å². The summed E-state index contributed by atoms with van der Waals surface area (Å²) in [5.41, 5.74) is 6.95. The molecule has 3 N–H and O–H groups in total. The average Bonchev–Trinajstić information content (AvgIpc) is 2.32. The summed E-state index contributed by atoms with van der Waals surface area (Å²) in [6.07, 6.45) is 0.457. The first-order chi connectivity index (χ1) is 9.15. The van der Waals surface area contributed by atoms with E-state index in [0.29, 0.717) is 36.9 Å². The molecule has 1 aromatic carbocycles. The summed E-state index contributed by atoms with van der Waals surface area (Å²) in [4.78, 5) is 12.0. The van der Waals surface area contributed by atoms with Gasteiger partial charge in [-0.15, -0.1) is 0 Å². The van der Waals surface area contributed by atoms with Crippen molar-refractivity contribution in [2.75, 3.05) is 25.1 Å². The number of carbonyl (C=O) groups is 1. The van der Waals surface area contributed by atoms with E-state index in [1.54, 1.807) is 24.3 Å².